The summed E-state index contributed by atoms with van der Waals surface area (Å²) in [5.74, 6) is 0. The Labute approximate surface area is 149 Å². The van der Waals surface area contributed by atoms with Crippen LogP contribution in [0.4, 0.5) is 0 Å². The highest BCUT2D eigenvalue weighted by molar-refractivity contribution is 4.86. The first-order valence-electron chi connectivity index (χ1n) is 10.1. The van der Waals surface area contributed by atoms with E-state index in [4.69, 9.17) is 4.74 Å². The molecule has 4 heteroatoms. The van der Waals surface area contributed by atoms with Crippen LogP contribution in [0.1, 0.15) is 96.8 Å². The van der Waals surface area contributed by atoms with Gasteiger partial charge in [-0.15, -0.1) is 0 Å². The van der Waals surface area contributed by atoms with Crippen molar-refractivity contribution in [3.05, 3.63) is 0 Å². The van der Waals surface area contributed by atoms with Gasteiger partial charge < -0.3 is 20.1 Å². The molecule has 0 heterocycles. The zero-order valence-corrected chi connectivity index (χ0v) is 16.1. The third-order valence-corrected chi connectivity index (χ3v) is 4.96. The second kappa shape index (κ2) is 16.3. The molecule has 0 amide bonds. The fourth-order valence-corrected chi connectivity index (χ4v) is 3.22. The number of rotatable bonds is 18. The Bertz CT molecular complexity index is 260. The first-order chi connectivity index (χ1) is 11.6. The molecular formula is C20H42O4. The summed E-state index contributed by atoms with van der Waals surface area (Å²) in [6, 6.07) is 0. The fraction of sp³-hybridized carbons (Fsp3) is 1.00. The zero-order chi connectivity index (χ0) is 18.1. The molecule has 0 bridgehead atoms. The predicted molar refractivity (Wildman–Crippen MR) is 100 cm³/mol. The van der Waals surface area contributed by atoms with E-state index in [0.29, 0.717) is 12.8 Å². The van der Waals surface area contributed by atoms with Crippen LogP contribution in [0.15, 0.2) is 0 Å². The second-order valence-electron chi connectivity index (χ2n) is 7.18. The molecule has 4 nitrogen and oxygen atoms in total. The Balaban J connectivity index is 3.89. The van der Waals surface area contributed by atoms with Crippen LogP contribution in [0.2, 0.25) is 0 Å². The molecule has 2 atom stereocenters. The molecule has 0 aromatic rings. The largest absolute Gasteiger partial charge is 0.394 e. The van der Waals surface area contributed by atoms with E-state index in [-0.39, 0.29) is 6.61 Å². The van der Waals surface area contributed by atoms with Crippen molar-refractivity contribution < 1.29 is 20.1 Å². The summed E-state index contributed by atoms with van der Waals surface area (Å²) in [5.41, 5.74) is -1.13. The lowest BCUT2D eigenvalue weighted by Gasteiger charge is -2.32. The summed E-state index contributed by atoms with van der Waals surface area (Å²) in [5, 5.41) is 30.0. The molecule has 0 saturated carbocycles. The van der Waals surface area contributed by atoms with Crippen LogP contribution < -0.4 is 0 Å². The molecule has 0 fully saturated rings. The van der Waals surface area contributed by atoms with Gasteiger partial charge in [0.15, 0.2) is 0 Å². The Hall–Kier alpha value is -0.160. The summed E-state index contributed by atoms with van der Waals surface area (Å²) in [6.07, 6.45) is 13.9. The lowest BCUT2D eigenvalue weighted by Crippen LogP contribution is -2.44. The van der Waals surface area contributed by atoms with Crippen LogP contribution in [0.3, 0.4) is 0 Å². The van der Waals surface area contributed by atoms with Crippen LogP contribution in [-0.4, -0.2) is 47.3 Å². The van der Waals surface area contributed by atoms with Crippen LogP contribution in [-0.2, 0) is 4.74 Å². The number of unbranched alkanes of at least 4 members (excludes halogenated alkanes) is 10. The maximum absolute atomic E-state index is 10.7. The molecule has 0 saturated heterocycles. The van der Waals surface area contributed by atoms with E-state index in [1.54, 1.807) is 7.11 Å². The van der Waals surface area contributed by atoms with Gasteiger partial charge in [-0.25, -0.2) is 0 Å². The predicted octanol–water partition coefficient (Wildman–Crippen LogP) is 4.20. The summed E-state index contributed by atoms with van der Waals surface area (Å²) in [6.45, 7) is 2.64. The van der Waals surface area contributed by atoms with Crippen molar-refractivity contribution >= 4 is 0 Å². The van der Waals surface area contributed by atoms with Crippen molar-refractivity contribution in [2.45, 2.75) is 109 Å². The molecule has 0 aliphatic rings. The first-order valence-corrected chi connectivity index (χ1v) is 10.1. The van der Waals surface area contributed by atoms with Crippen LogP contribution in [0.25, 0.3) is 0 Å². The van der Waals surface area contributed by atoms with E-state index in [2.05, 4.69) is 6.92 Å². The number of aliphatic hydroxyl groups is 3. The highest BCUT2D eigenvalue weighted by Gasteiger charge is 2.33. The normalized spacial score (nSPS) is 15.4. The third-order valence-electron chi connectivity index (χ3n) is 4.96. The summed E-state index contributed by atoms with van der Waals surface area (Å²) in [7, 11) is 1.71. The number of methoxy groups -OCH3 is 1. The van der Waals surface area contributed by atoms with Crippen molar-refractivity contribution in [1.29, 1.82) is 0 Å². The maximum Gasteiger partial charge on any atom is 0.106 e. The van der Waals surface area contributed by atoms with Gasteiger partial charge in [-0.05, 0) is 19.3 Å². The molecule has 0 aromatic carbocycles. The molecular weight excluding hydrogens is 304 g/mol. The van der Waals surface area contributed by atoms with Gasteiger partial charge in [-0.1, -0.05) is 77.6 Å². The Morgan fingerprint density at radius 1 is 0.792 bits per heavy atom. The lowest BCUT2D eigenvalue weighted by molar-refractivity contribution is -0.106. The summed E-state index contributed by atoms with van der Waals surface area (Å²) in [4.78, 5) is 0. The van der Waals surface area contributed by atoms with Gasteiger partial charge in [0.1, 0.15) is 6.10 Å². The topological polar surface area (TPSA) is 69.9 Å². The molecule has 0 aliphatic heterocycles. The van der Waals surface area contributed by atoms with Gasteiger partial charge in [0.05, 0.1) is 12.2 Å². The third kappa shape index (κ3) is 12.2. The quantitative estimate of drug-likeness (QED) is 0.325. The van der Waals surface area contributed by atoms with Gasteiger partial charge in [0.25, 0.3) is 0 Å². The van der Waals surface area contributed by atoms with Gasteiger partial charge in [0, 0.05) is 13.7 Å². The van der Waals surface area contributed by atoms with Crippen molar-refractivity contribution in [1.82, 2.24) is 0 Å². The Kier molecular flexibility index (Phi) is 16.2. The molecule has 24 heavy (non-hydrogen) atoms. The average molecular weight is 347 g/mol. The standard InChI is InChI=1S/C20H42O4/c1-3-4-5-6-7-8-9-12-15-20(23,19(22)18-21)16-13-10-11-14-17-24-2/h19,21-23H,3-18H2,1-2H3. The Morgan fingerprint density at radius 3 is 1.71 bits per heavy atom. The zero-order valence-electron chi connectivity index (χ0n) is 16.1. The van der Waals surface area contributed by atoms with Crippen molar-refractivity contribution in [3.63, 3.8) is 0 Å². The highest BCUT2D eigenvalue weighted by Crippen LogP contribution is 2.26. The minimum atomic E-state index is -1.13. The molecule has 0 rings (SSSR count). The monoisotopic (exact) mass is 346 g/mol. The number of hydrogen-bond acceptors (Lipinski definition) is 4. The van der Waals surface area contributed by atoms with Gasteiger partial charge in [0.2, 0.25) is 0 Å². The fourth-order valence-electron chi connectivity index (χ4n) is 3.22. The average Bonchev–Trinajstić information content (AvgIpc) is 2.59. The number of ether oxygens (including phenoxy) is 1. The van der Waals surface area contributed by atoms with E-state index in [1.165, 1.54) is 38.5 Å². The molecule has 2 unspecified atom stereocenters. The minimum Gasteiger partial charge on any atom is -0.394 e. The van der Waals surface area contributed by atoms with Gasteiger partial charge in [-0.3, -0.25) is 0 Å². The number of hydrogen-bond donors (Lipinski definition) is 3. The summed E-state index contributed by atoms with van der Waals surface area (Å²) < 4.78 is 5.03. The summed E-state index contributed by atoms with van der Waals surface area (Å²) >= 11 is 0. The van der Waals surface area contributed by atoms with Gasteiger partial charge in [-0.2, -0.15) is 0 Å². The Morgan fingerprint density at radius 2 is 1.25 bits per heavy atom. The van der Waals surface area contributed by atoms with Crippen molar-refractivity contribution in [2.75, 3.05) is 20.3 Å². The van der Waals surface area contributed by atoms with E-state index in [9.17, 15) is 15.3 Å². The molecule has 3 N–H and O–H groups in total. The molecule has 0 aromatic heterocycles. The first kappa shape index (κ1) is 23.8. The van der Waals surface area contributed by atoms with Crippen LogP contribution in [0, 0.1) is 0 Å². The van der Waals surface area contributed by atoms with Crippen LogP contribution in [0.5, 0.6) is 0 Å². The van der Waals surface area contributed by atoms with Crippen molar-refractivity contribution in [3.8, 4) is 0 Å². The molecule has 0 spiro atoms. The molecule has 0 radical (unpaired) electrons. The second-order valence-corrected chi connectivity index (χ2v) is 7.18. The molecule has 146 valence electrons. The van der Waals surface area contributed by atoms with E-state index in [1.807, 2.05) is 0 Å². The van der Waals surface area contributed by atoms with E-state index in [0.717, 1.165) is 45.1 Å². The SMILES string of the molecule is CCCCCCCCCCC(O)(CCCCCCOC)C(O)CO. The van der Waals surface area contributed by atoms with Crippen LogP contribution >= 0.6 is 0 Å². The van der Waals surface area contributed by atoms with E-state index >= 15 is 0 Å². The van der Waals surface area contributed by atoms with E-state index < -0.39 is 11.7 Å². The molecule has 0 aliphatic carbocycles. The van der Waals surface area contributed by atoms with Gasteiger partial charge >= 0.3 is 0 Å². The minimum absolute atomic E-state index is 0.364. The lowest BCUT2D eigenvalue weighted by atomic mass is 9.85. The number of aliphatic hydroxyl groups excluding tert-OH is 2. The van der Waals surface area contributed by atoms with Crippen molar-refractivity contribution in [2.24, 2.45) is 0 Å². The smallest absolute Gasteiger partial charge is 0.106 e. The maximum atomic E-state index is 10.7. The highest BCUT2D eigenvalue weighted by atomic mass is 16.5.